The van der Waals surface area contributed by atoms with Gasteiger partial charge >= 0.3 is 0 Å². The van der Waals surface area contributed by atoms with E-state index in [-0.39, 0.29) is 6.61 Å². The number of anilines is 1. The van der Waals surface area contributed by atoms with E-state index >= 15 is 0 Å². The van der Waals surface area contributed by atoms with Crippen LogP contribution in [-0.4, -0.2) is 53.9 Å². The lowest BCUT2D eigenvalue weighted by molar-refractivity contribution is 0.189. The number of nitrogens with zero attached hydrogens (tertiary/aromatic N) is 3. The number of aliphatic hydroxyl groups excluding tert-OH is 1. The monoisotopic (exact) mass is 259 g/mol. The SMILES string of the molecule is Cn1ccc2ccc(N3CCN(CCO)CC3)cc21. The number of benzene rings is 1. The third kappa shape index (κ3) is 2.46. The summed E-state index contributed by atoms with van der Waals surface area (Å²) in [6, 6.07) is 8.84. The van der Waals surface area contributed by atoms with Crippen LogP contribution in [0.3, 0.4) is 0 Å². The van der Waals surface area contributed by atoms with Crippen LogP contribution in [0.25, 0.3) is 10.9 Å². The predicted octanol–water partition coefficient (Wildman–Crippen LogP) is 1.29. The Hall–Kier alpha value is -1.52. The number of β-amino-alcohol motifs (C(OH)–C–C–N with tert-alkyl or cyclic N) is 1. The number of fused-ring (bicyclic) bond motifs is 1. The molecule has 0 unspecified atom stereocenters. The second kappa shape index (κ2) is 5.23. The van der Waals surface area contributed by atoms with E-state index in [1.54, 1.807) is 0 Å². The lowest BCUT2D eigenvalue weighted by atomic mass is 10.2. The smallest absolute Gasteiger partial charge is 0.0558 e. The molecule has 0 aliphatic carbocycles. The molecule has 1 fully saturated rings. The van der Waals surface area contributed by atoms with Gasteiger partial charge in [0, 0.05) is 57.2 Å². The van der Waals surface area contributed by atoms with Crippen LogP contribution >= 0.6 is 0 Å². The molecule has 0 radical (unpaired) electrons. The Labute approximate surface area is 113 Å². The minimum atomic E-state index is 0.259. The largest absolute Gasteiger partial charge is 0.395 e. The van der Waals surface area contributed by atoms with Crippen LogP contribution in [0.1, 0.15) is 0 Å². The first-order valence-electron chi connectivity index (χ1n) is 6.91. The summed E-state index contributed by atoms with van der Waals surface area (Å²) in [5, 5.41) is 10.3. The molecule has 1 N–H and O–H groups in total. The average molecular weight is 259 g/mol. The summed E-state index contributed by atoms with van der Waals surface area (Å²) >= 11 is 0. The molecule has 0 saturated carbocycles. The molecular weight excluding hydrogens is 238 g/mol. The van der Waals surface area contributed by atoms with E-state index in [1.165, 1.54) is 16.6 Å². The zero-order chi connectivity index (χ0) is 13.2. The van der Waals surface area contributed by atoms with Gasteiger partial charge in [-0.3, -0.25) is 4.90 Å². The van der Waals surface area contributed by atoms with Crippen LogP contribution in [-0.2, 0) is 7.05 Å². The maximum atomic E-state index is 8.97. The molecule has 102 valence electrons. The Bertz CT molecular complexity index is 556. The number of aryl methyl sites for hydroxylation is 1. The third-order valence-corrected chi connectivity index (χ3v) is 4.03. The summed E-state index contributed by atoms with van der Waals surface area (Å²) in [4.78, 5) is 4.75. The van der Waals surface area contributed by atoms with Crippen molar-refractivity contribution in [2.75, 3.05) is 44.2 Å². The van der Waals surface area contributed by atoms with Gasteiger partial charge in [0.15, 0.2) is 0 Å². The molecule has 1 aliphatic heterocycles. The van der Waals surface area contributed by atoms with E-state index in [9.17, 15) is 0 Å². The first-order chi connectivity index (χ1) is 9.28. The van der Waals surface area contributed by atoms with Crippen molar-refractivity contribution >= 4 is 16.6 Å². The minimum Gasteiger partial charge on any atom is -0.395 e. The number of aliphatic hydroxyl groups is 1. The van der Waals surface area contributed by atoms with Crippen LogP contribution in [0, 0.1) is 0 Å². The predicted molar refractivity (Wildman–Crippen MR) is 78.7 cm³/mol. The Morgan fingerprint density at radius 3 is 2.63 bits per heavy atom. The topological polar surface area (TPSA) is 31.6 Å². The summed E-state index contributed by atoms with van der Waals surface area (Å²) in [6.07, 6.45) is 2.10. The highest BCUT2D eigenvalue weighted by atomic mass is 16.3. The van der Waals surface area contributed by atoms with Gasteiger partial charge in [-0.2, -0.15) is 0 Å². The molecule has 4 heteroatoms. The van der Waals surface area contributed by atoms with Crippen LogP contribution in [0.2, 0.25) is 0 Å². The molecule has 1 saturated heterocycles. The number of aromatic nitrogens is 1. The molecule has 19 heavy (non-hydrogen) atoms. The summed E-state index contributed by atoms with van der Waals surface area (Å²) in [5.74, 6) is 0. The second-order valence-electron chi connectivity index (χ2n) is 5.22. The summed E-state index contributed by atoms with van der Waals surface area (Å²) in [5.41, 5.74) is 2.59. The lowest BCUT2D eigenvalue weighted by Gasteiger charge is -2.35. The first-order valence-corrected chi connectivity index (χ1v) is 6.91. The average Bonchev–Trinajstić information content (AvgIpc) is 2.81. The lowest BCUT2D eigenvalue weighted by Crippen LogP contribution is -2.47. The molecule has 1 aliphatic rings. The highest BCUT2D eigenvalue weighted by Gasteiger charge is 2.16. The van der Waals surface area contributed by atoms with Crippen LogP contribution in [0.5, 0.6) is 0 Å². The van der Waals surface area contributed by atoms with Crippen molar-refractivity contribution in [3.63, 3.8) is 0 Å². The van der Waals surface area contributed by atoms with E-state index in [0.29, 0.717) is 0 Å². The normalized spacial score (nSPS) is 17.3. The van der Waals surface area contributed by atoms with Crippen LogP contribution in [0.4, 0.5) is 5.69 Å². The van der Waals surface area contributed by atoms with Gasteiger partial charge in [-0.05, 0) is 23.6 Å². The standard InChI is InChI=1S/C15H21N3O/c1-16-5-4-13-2-3-14(12-15(13)16)18-8-6-17(7-9-18)10-11-19/h2-5,12,19H,6-11H2,1H3. The van der Waals surface area contributed by atoms with Crippen LogP contribution < -0.4 is 4.90 Å². The molecule has 2 heterocycles. The van der Waals surface area contributed by atoms with Gasteiger partial charge in [-0.25, -0.2) is 0 Å². The van der Waals surface area contributed by atoms with E-state index in [4.69, 9.17) is 5.11 Å². The summed E-state index contributed by atoms with van der Waals surface area (Å²) in [6.45, 7) is 5.20. The molecule has 0 atom stereocenters. The van der Waals surface area contributed by atoms with Crippen molar-refractivity contribution in [1.29, 1.82) is 0 Å². The highest BCUT2D eigenvalue weighted by Crippen LogP contribution is 2.23. The van der Waals surface area contributed by atoms with E-state index in [2.05, 4.69) is 51.9 Å². The first kappa shape index (κ1) is 12.5. The van der Waals surface area contributed by atoms with Crippen molar-refractivity contribution in [3.8, 4) is 0 Å². The molecule has 0 amide bonds. The summed E-state index contributed by atoms with van der Waals surface area (Å²) in [7, 11) is 2.09. The molecule has 3 rings (SSSR count). The maximum absolute atomic E-state index is 8.97. The van der Waals surface area contributed by atoms with E-state index < -0.39 is 0 Å². The molecule has 1 aromatic heterocycles. The van der Waals surface area contributed by atoms with Crippen molar-refractivity contribution in [2.45, 2.75) is 0 Å². The van der Waals surface area contributed by atoms with Crippen molar-refractivity contribution in [3.05, 3.63) is 30.5 Å². The van der Waals surface area contributed by atoms with E-state index in [1.807, 2.05) is 0 Å². The number of piperazine rings is 1. The quantitative estimate of drug-likeness (QED) is 0.901. The Balaban J connectivity index is 1.76. The molecular formula is C15H21N3O. The third-order valence-electron chi connectivity index (χ3n) is 4.03. The molecule has 2 aromatic rings. The van der Waals surface area contributed by atoms with Crippen LogP contribution in [0.15, 0.2) is 30.5 Å². The zero-order valence-corrected chi connectivity index (χ0v) is 11.4. The number of rotatable bonds is 3. The van der Waals surface area contributed by atoms with Gasteiger partial charge in [0.25, 0.3) is 0 Å². The fraction of sp³-hybridized carbons (Fsp3) is 0.467. The second-order valence-corrected chi connectivity index (χ2v) is 5.22. The Kier molecular flexibility index (Phi) is 3.44. The summed E-state index contributed by atoms with van der Waals surface area (Å²) < 4.78 is 2.17. The molecule has 0 spiro atoms. The minimum absolute atomic E-state index is 0.259. The van der Waals surface area contributed by atoms with E-state index in [0.717, 1.165) is 32.7 Å². The van der Waals surface area contributed by atoms with Gasteiger partial charge in [0.2, 0.25) is 0 Å². The fourth-order valence-electron chi connectivity index (χ4n) is 2.82. The fourth-order valence-corrected chi connectivity index (χ4v) is 2.82. The van der Waals surface area contributed by atoms with Gasteiger partial charge in [0.1, 0.15) is 0 Å². The van der Waals surface area contributed by atoms with Gasteiger partial charge in [-0.15, -0.1) is 0 Å². The highest BCUT2D eigenvalue weighted by molar-refractivity contribution is 5.83. The zero-order valence-electron chi connectivity index (χ0n) is 11.4. The number of hydrogen-bond acceptors (Lipinski definition) is 3. The van der Waals surface area contributed by atoms with Crippen molar-refractivity contribution < 1.29 is 5.11 Å². The van der Waals surface area contributed by atoms with Gasteiger partial charge in [-0.1, -0.05) is 6.07 Å². The molecule has 4 nitrogen and oxygen atoms in total. The van der Waals surface area contributed by atoms with Gasteiger partial charge in [0.05, 0.1) is 6.61 Å². The van der Waals surface area contributed by atoms with Crippen molar-refractivity contribution in [2.24, 2.45) is 7.05 Å². The molecule has 1 aromatic carbocycles. The van der Waals surface area contributed by atoms with Crippen molar-refractivity contribution in [1.82, 2.24) is 9.47 Å². The maximum Gasteiger partial charge on any atom is 0.0558 e. The number of hydrogen-bond donors (Lipinski definition) is 1. The Morgan fingerprint density at radius 1 is 1.11 bits per heavy atom. The molecule has 0 bridgehead atoms. The Morgan fingerprint density at radius 2 is 1.89 bits per heavy atom. The van der Waals surface area contributed by atoms with Gasteiger partial charge < -0.3 is 14.6 Å².